The van der Waals surface area contributed by atoms with Gasteiger partial charge in [0.15, 0.2) is 0 Å². The van der Waals surface area contributed by atoms with E-state index in [0.29, 0.717) is 28.6 Å². The molecule has 0 radical (unpaired) electrons. The molecule has 0 saturated carbocycles. The van der Waals surface area contributed by atoms with Crippen LogP contribution < -0.4 is 4.74 Å². The van der Waals surface area contributed by atoms with Gasteiger partial charge in [0.1, 0.15) is 5.75 Å². The first kappa shape index (κ1) is 15.2. The smallest absolute Gasteiger partial charge is 0.126 e. The first-order valence-corrected chi connectivity index (χ1v) is 8.16. The summed E-state index contributed by atoms with van der Waals surface area (Å²) in [5.74, 6) is 0.853. The summed E-state index contributed by atoms with van der Waals surface area (Å²) in [4.78, 5) is 0. The summed E-state index contributed by atoms with van der Waals surface area (Å²) in [6.07, 6.45) is 0.583. The van der Waals surface area contributed by atoms with Gasteiger partial charge in [-0.3, -0.25) is 0 Å². The van der Waals surface area contributed by atoms with Crippen LogP contribution >= 0.6 is 39.1 Å². The predicted octanol–water partition coefficient (Wildman–Crippen LogP) is 4.97. The van der Waals surface area contributed by atoms with Gasteiger partial charge in [0.2, 0.25) is 0 Å². The molecule has 5 heteroatoms. The fourth-order valence-corrected chi connectivity index (χ4v) is 3.65. The number of ether oxygens (including phenoxy) is 1. The van der Waals surface area contributed by atoms with Gasteiger partial charge in [-0.25, -0.2) is 0 Å². The Morgan fingerprint density at radius 2 is 2.05 bits per heavy atom. The topological polar surface area (TPSA) is 29.5 Å². The second-order valence-corrected chi connectivity index (χ2v) is 6.80. The average Bonchev–Trinajstić information content (AvgIpc) is 2.86. The van der Waals surface area contributed by atoms with E-state index in [1.165, 1.54) is 0 Å². The lowest BCUT2D eigenvalue weighted by Crippen LogP contribution is -2.04. The maximum atomic E-state index is 10.5. The van der Waals surface area contributed by atoms with Gasteiger partial charge in [0, 0.05) is 27.4 Å². The lowest BCUT2D eigenvalue weighted by molar-refractivity contribution is 0.177. The largest absolute Gasteiger partial charge is 0.493 e. The zero-order valence-corrected chi connectivity index (χ0v) is 14.2. The molecule has 2 aromatic carbocycles. The predicted molar refractivity (Wildman–Crippen MR) is 88.5 cm³/mol. The Morgan fingerprint density at radius 1 is 1.24 bits per heavy atom. The lowest BCUT2D eigenvalue weighted by Gasteiger charge is -2.15. The highest BCUT2D eigenvalue weighted by molar-refractivity contribution is 9.10. The maximum absolute atomic E-state index is 10.5. The number of aliphatic hydroxyl groups is 1. The van der Waals surface area contributed by atoms with Gasteiger partial charge in [0.05, 0.1) is 12.7 Å². The molecule has 1 atom stereocenters. The minimum Gasteiger partial charge on any atom is -0.493 e. The number of hydrogen-bond donors (Lipinski definition) is 1. The highest BCUT2D eigenvalue weighted by atomic mass is 79.9. The van der Waals surface area contributed by atoms with Gasteiger partial charge >= 0.3 is 0 Å². The number of rotatable bonds is 3. The molecule has 0 aromatic heterocycles. The molecule has 0 spiro atoms. The first-order valence-electron chi connectivity index (χ1n) is 6.61. The van der Waals surface area contributed by atoms with Gasteiger partial charge in [-0.05, 0) is 41.0 Å². The Kier molecular flexibility index (Phi) is 4.46. The Labute approximate surface area is 141 Å². The second-order valence-electron chi connectivity index (χ2n) is 5.04. The van der Waals surface area contributed by atoms with Crippen molar-refractivity contribution in [3.05, 3.63) is 61.5 Å². The molecule has 3 rings (SSSR count). The highest BCUT2D eigenvalue weighted by Gasteiger charge is 2.21. The molecule has 2 nitrogen and oxygen atoms in total. The van der Waals surface area contributed by atoms with Crippen LogP contribution in [0.25, 0.3) is 0 Å². The van der Waals surface area contributed by atoms with Crippen molar-refractivity contribution in [3.63, 3.8) is 0 Å². The Bertz CT molecular complexity index is 688. The molecule has 2 aromatic rings. The third kappa shape index (κ3) is 3.21. The second kappa shape index (κ2) is 6.17. The highest BCUT2D eigenvalue weighted by Crippen LogP contribution is 2.36. The van der Waals surface area contributed by atoms with Crippen molar-refractivity contribution in [3.8, 4) is 5.75 Å². The fraction of sp³-hybridized carbons (Fsp3) is 0.250. The van der Waals surface area contributed by atoms with Crippen LogP contribution in [0.4, 0.5) is 0 Å². The summed E-state index contributed by atoms with van der Waals surface area (Å²) in [6, 6.07) is 9.24. The summed E-state index contributed by atoms with van der Waals surface area (Å²) in [5, 5.41) is 11.7. The number of aliphatic hydroxyl groups excluding tert-OH is 1. The van der Waals surface area contributed by atoms with Crippen LogP contribution in [0.1, 0.15) is 22.8 Å². The van der Waals surface area contributed by atoms with Gasteiger partial charge in [-0.15, -0.1) is 0 Å². The molecule has 21 heavy (non-hydrogen) atoms. The van der Waals surface area contributed by atoms with E-state index < -0.39 is 6.10 Å². The quantitative estimate of drug-likeness (QED) is 0.805. The molecular weight excluding hydrogens is 375 g/mol. The fourth-order valence-electron chi connectivity index (χ4n) is 2.59. The van der Waals surface area contributed by atoms with Crippen LogP contribution in [-0.2, 0) is 12.8 Å². The van der Waals surface area contributed by atoms with Crippen LogP contribution in [0.2, 0.25) is 10.0 Å². The minimum atomic E-state index is -0.697. The van der Waals surface area contributed by atoms with Gasteiger partial charge in [-0.2, -0.15) is 0 Å². The van der Waals surface area contributed by atoms with E-state index in [1.807, 2.05) is 24.3 Å². The third-order valence-corrected chi connectivity index (χ3v) is 4.60. The normalized spacial score (nSPS) is 14.7. The number of hydrogen-bond acceptors (Lipinski definition) is 2. The van der Waals surface area contributed by atoms with E-state index in [1.54, 1.807) is 6.07 Å². The van der Waals surface area contributed by atoms with E-state index in [-0.39, 0.29) is 0 Å². The molecule has 0 fully saturated rings. The summed E-state index contributed by atoms with van der Waals surface area (Å²) >= 11 is 15.7. The third-order valence-electron chi connectivity index (χ3n) is 3.56. The Balaban J connectivity index is 1.90. The molecule has 1 heterocycles. The lowest BCUT2D eigenvalue weighted by atomic mass is 9.98. The van der Waals surface area contributed by atoms with Crippen molar-refractivity contribution < 1.29 is 9.84 Å². The molecule has 1 aliphatic rings. The standard InChI is InChI=1S/C16H13BrCl2O2/c17-11-1-2-13(14(19)8-11)15(20)7-10-6-12(18)5-9-3-4-21-16(9)10/h1-2,5-6,8,15,20H,3-4,7H2. The van der Waals surface area contributed by atoms with E-state index in [9.17, 15) is 5.11 Å². The molecule has 0 saturated heterocycles. The van der Waals surface area contributed by atoms with E-state index >= 15 is 0 Å². The van der Waals surface area contributed by atoms with E-state index in [2.05, 4.69) is 15.9 Å². The molecule has 1 N–H and O–H groups in total. The average molecular weight is 388 g/mol. The number of fused-ring (bicyclic) bond motifs is 1. The van der Waals surface area contributed by atoms with Gasteiger partial charge < -0.3 is 9.84 Å². The maximum Gasteiger partial charge on any atom is 0.126 e. The zero-order valence-electron chi connectivity index (χ0n) is 11.1. The van der Waals surface area contributed by atoms with Crippen LogP contribution in [0.5, 0.6) is 5.75 Å². The summed E-state index contributed by atoms with van der Waals surface area (Å²) < 4.78 is 6.55. The summed E-state index contributed by atoms with van der Waals surface area (Å²) in [6.45, 7) is 0.664. The molecule has 0 aliphatic carbocycles. The Hall–Kier alpha value is -0.740. The molecule has 110 valence electrons. The van der Waals surface area contributed by atoms with Crippen LogP contribution in [0.3, 0.4) is 0 Å². The van der Waals surface area contributed by atoms with Crippen molar-refractivity contribution in [1.29, 1.82) is 0 Å². The van der Waals surface area contributed by atoms with Crippen molar-refractivity contribution >= 4 is 39.1 Å². The van der Waals surface area contributed by atoms with Crippen LogP contribution in [-0.4, -0.2) is 11.7 Å². The van der Waals surface area contributed by atoms with E-state index in [0.717, 1.165) is 27.8 Å². The number of halogens is 3. The molecule has 1 unspecified atom stereocenters. The number of benzene rings is 2. The summed E-state index contributed by atoms with van der Waals surface area (Å²) in [7, 11) is 0. The Morgan fingerprint density at radius 3 is 2.81 bits per heavy atom. The van der Waals surface area contributed by atoms with Gasteiger partial charge in [0.25, 0.3) is 0 Å². The van der Waals surface area contributed by atoms with Gasteiger partial charge in [-0.1, -0.05) is 45.2 Å². The zero-order chi connectivity index (χ0) is 15.0. The molecule has 0 bridgehead atoms. The van der Waals surface area contributed by atoms with Crippen molar-refractivity contribution in [2.75, 3.05) is 6.61 Å². The minimum absolute atomic E-state index is 0.421. The van der Waals surface area contributed by atoms with Crippen LogP contribution in [0.15, 0.2) is 34.8 Å². The first-order chi connectivity index (χ1) is 10.0. The monoisotopic (exact) mass is 386 g/mol. The van der Waals surface area contributed by atoms with E-state index in [4.69, 9.17) is 27.9 Å². The van der Waals surface area contributed by atoms with Crippen molar-refractivity contribution in [2.45, 2.75) is 18.9 Å². The molecule has 0 amide bonds. The molecule has 1 aliphatic heterocycles. The van der Waals surface area contributed by atoms with Crippen molar-refractivity contribution in [1.82, 2.24) is 0 Å². The van der Waals surface area contributed by atoms with Crippen LogP contribution in [0, 0.1) is 0 Å². The van der Waals surface area contributed by atoms with Crippen molar-refractivity contribution in [2.24, 2.45) is 0 Å². The summed E-state index contributed by atoms with van der Waals surface area (Å²) in [5.41, 5.74) is 2.72. The SMILES string of the molecule is OC(Cc1cc(Cl)cc2c1OCC2)c1ccc(Br)cc1Cl. The molecular formula is C16H13BrCl2O2.